The molecule has 9 nitrogen and oxygen atoms in total. The second-order valence-corrected chi connectivity index (χ2v) is 7.41. The Labute approximate surface area is 181 Å². The lowest BCUT2D eigenvalue weighted by Gasteiger charge is -2.26. The summed E-state index contributed by atoms with van der Waals surface area (Å²) in [6, 6.07) is 4.04. The maximum Gasteiger partial charge on any atom is 0.419 e. The van der Waals surface area contributed by atoms with E-state index in [9.17, 15) is 18.0 Å². The number of hydrogen-bond donors (Lipinski definition) is 2. The Morgan fingerprint density at radius 1 is 1.25 bits per heavy atom. The highest BCUT2D eigenvalue weighted by Gasteiger charge is 2.34. The summed E-state index contributed by atoms with van der Waals surface area (Å²) in [5.74, 6) is -0.444. The normalized spacial score (nSPS) is 15.2. The van der Waals surface area contributed by atoms with Gasteiger partial charge in [-0.2, -0.15) is 18.3 Å². The average Bonchev–Trinajstić information content (AvgIpc) is 3.15. The minimum Gasteiger partial charge on any atom is -0.383 e. The number of pyridine rings is 1. The molecule has 3 aromatic rings. The van der Waals surface area contributed by atoms with Crippen LogP contribution in [0.15, 0.2) is 30.6 Å². The molecule has 0 atom stereocenters. The number of nitrogens with zero attached hydrogens (tertiary/aromatic N) is 5. The standard InChI is InChI=1S/C20H22F3N7O2/c21-20(22,23)14-10-13(11-25-19(14)24)15-3-4-17-26-16(12-30(17)28-15)27-18(31)2-1-5-29-6-8-32-9-7-29/h3-4,10-12H,1-2,5-9H2,(H2,24,25)(H,27,31). The van der Waals surface area contributed by atoms with E-state index in [2.05, 4.69) is 25.3 Å². The fourth-order valence-electron chi connectivity index (χ4n) is 3.43. The maximum absolute atomic E-state index is 13.1. The summed E-state index contributed by atoms with van der Waals surface area (Å²) >= 11 is 0. The van der Waals surface area contributed by atoms with Crippen LogP contribution >= 0.6 is 0 Å². The average molecular weight is 449 g/mol. The lowest BCUT2D eigenvalue weighted by Crippen LogP contribution is -2.37. The van der Waals surface area contributed by atoms with E-state index in [0.29, 0.717) is 37.5 Å². The molecular formula is C20H22F3N7O2. The van der Waals surface area contributed by atoms with Crippen LogP contribution in [0.2, 0.25) is 0 Å². The van der Waals surface area contributed by atoms with Crippen molar-refractivity contribution in [2.24, 2.45) is 0 Å². The van der Waals surface area contributed by atoms with E-state index in [1.807, 2.05) is 0 Å². The van der Waals surface area contributed by atoms with Crippen LogP contribution in [0.1, 0.15) is 18.4 Å². The Kier molecular flexibility index (Phi) is 6.24. The quantitative estimate of drug-likeness (QED) is 0.595. The predicted octanol–water partition coefficient (Wildman–Crippen LogP) is 2.44. The highest BCUT2D eigenvalue weighted by atomic mass is 19.4. The van der Waals surface area contributed by atoms with Gasteiger partial charge in [-0.15, -0.1) is 0 Å². The van der Waals surface area contributed by atoms with Gasteiger partial charge in [0.05, 0.1) is 30.7 Å². The van der Waals surface area contributed by atoms with Crippen molar-refractivity contribution in [1.82, 2.24) is 24.5 Å². The fourth-order valence-corrected chi connectivity index (χ4v) is 3.43. The first-order valence-corrected chi connectivity index (χ1v) is 10.1. The molecule has 0 saturated carbocycles. The van der Waals surface area contributed by atoms with Gasteiger partial charge in [0.1, 0.15) is 5.82 Å². The summed E-state index contributed by atoms with van der Waals surface area (Å²) in [5.41, 5.74) is 5.20. The summed E-state index contributed by atoms with van der Waals surface area (Å²) in [4.78, 5) is 22.4. The van der Waals surface area contributed by atoms with E-state index in [1.54, 1.807) is 6.07 Å². The Hall–Kier alpha value is -3.25. The van der Waals surface area contributed by atoms with Crippen LogP contribution in [0.25, 0.3) is 16.9 Å². The number of morpholine rings is 1. The number of anilines is 2. The Bertz CT molecular complexity index is 1110. The number of halogens is 3. The number of carbonyl (C=O) groups is 1. The third-order valence-electron chi connectivity index (χ3n) is 5.09. The van der Waals surface area contributed by atoms with Gasteiger partial charge in [-0.25, -0.2) is 14.5 Å². The third kappa shape index (κ3) is 5.14. The number of hydrogen-bond acceptors (Lipinski definition) is 7. The number of ether oxygens (including phenoxy) is 1. The molecule has 0 bridgehead atoms. The Morgan fingerprint density at radius 3 is 2.78 bits per heavy atom. The number of fused-ring (bicyclic) bond motifs is 1. The number of nitrogen functional groups attached to an aromatic ring is 1. The summed E-state index contributed by atoms with van der Waals surface area (Å²) in [5, 5.41) is 7.02. The highest BCUT2D eigenvalue weighted by Crippen LogP contribution is 2.34. The molecule has 0 aromatic carbocycles. The summed E-state index contributed by atoms with van der Waals surface area (Å²) in [6.45, 7) is 3.99. The largest absolute Gasteiger partial charge is 0.419 e. The van der Waals surface area contributed by atoms with Crippen molar-refractivity contribution in [1.29, 1.82) is 0 Å². The number of carbonyl (C=O) groups excluding carboxylic acids is 1. The van der Waals surface area contributed by atoms with Gasteiger partial charge >= 0.3 is 6.18 Å². The van der Waals surface area contributed by atoms with Gasteiger partial charge < -0.3 is 15.8 Å². The molecule has 4 rings (SSSR count). The number of rotatable bonds is 6. The van der Waals surface area contributed by atoms with Gasteiger partial charge in [0.15, 0.2) is 11.5 Å². The molecular weight excluding hydrogens is 427 g/mol. The zero-order valence-electron chi connectivity index (χ0n) is 17.1. The van der Waals surface area contributed by atoms with Gasteiger partial charge in [0.2, 0.25) is 5.91 Å². The fraction of sp³-hybridized carbons (Fsp3) is 0.400. The van der Waals surface area contributed by atoms with E-state index in [4.69, 9.17) is 10.5 Å². The van der Waals surface area contributed by atoms with Crippen LogP contribution in [0, 0.1) is 0 Å². The van der Waals surface area contributed by atoms with Crippen LogP contribution < -0.4 is 11.1 Å². The number of nitrogens with two attached hydrogens (primary N) is 1. The van der Waals surface area contributed by atoms with Crippen LogP contribution in [0.3, 0.4) is 0 Å². The summed E-state index contributed by atoms with van der Waals surface area (Å²) < 4.78 is 46.0. The molecule has 3 aromatic heterocycles. The molecule has 1 amide bonds. The van der Waals surface area contributed by atoms with Crippen LogP contribution in [0.4, 0.5) is 24.8 Å². The zero-order valence-corrected chi connectivity index (χ0v) is 17.1. The van der Waals surface area contributed by atoms with Crippen molar-refractivity contribution in [2.45, 2.75) is 19.0 Å². The first-order chi connectivity index (χ1) is 15.3. The molecule has 4 heterocycles. The van der Waals surface area contributed by atoms with Crippen molar-refractivity contribution >= 4 is 23.2 Å². The maximum atomic E-state index is 13.1. The molecule has 0 unspecified atom stereocenters. The number of nitrogens with one attached hydrogen (secondary N) is 1. The van der Waals surface area contributed by atoms with Crippen LogP contribution in [-0.2, 0) is 15.7 Å². The van der Waals surface area contributed by atoms with Crippen molar-refractivity contribution in [3.8, 4) is 11.3 Å². The van der Waals surface area contributed by atoms with Crippen molar-refractivity contribution in [3.05, 3.63) is 36.2 Å². The molecule has 170 valence electrons. The van der Waals surface area contributed by atoms with E-state index in [1.165, 1.54) is 23.0 Å². The molecule has 1 aliphatic heterocycles. The molecule has 32 heavy (non-hydrogen) atoms. The molecule has 1 saturated heterocycles. The van der Waals surface area contributed by atoms with Gasteiger partial charge in [0, 0.05) is 31.3 Å². The second kappa shape index (κ2) is 9.09. The van der Waals surface area contributed by atoms with E-state index < -0.39 is 17.6 Å². The second-order valence-electron chi connectivity index (χ2n) is 7.41. The van der Waals surface area contributed by atoms with E-state index in [-0.39, 0.29) is 17.2 Å². The molecule has 1 fully saturated rings. The van der Waals surface area contributed by atoms with Crippen molar-refractivity contribution in [3.63, 3.8) is 0 Å². The predicted molar refractivity (Wildman–Crippen MR) is 111 cm³/mol. The number of alkyl halides is 3. The minimum atomic E-state index is -4.62. The molecule has 0 aliphatic carbocycles. The molecule has 1 aliphatic rings. The summed E-state index contributed by atoms with van der Waals surface area (Å²) in [6.07, 6.45) is -0.819. The van der Waals surface area contributed by atoms with Crippen LogP contribution in [-0.4, -0.2) is 63.2 Å². The Balaban J connectivity index is 1.42. The number of amides is 1. The van der Waals surface area contributed by atoms with Gasteiger partial charge in [0.25, 0.3) is 0 Å². The third-order valence-corrected chi connectivity index (χ3v) is 5.09. The van der Waals surface area contributed by atoms with Gasteiger partial charge in [-0.1, -0.05) is 0 Å². The molecule has 0 radical (unpaired) electrons. The lowest BCUT2D eigenvalue weighted by molar-refractivity contribution is -0.137. The van der Waals surface area contributed by atoms with E-state index >= 15 is 0 Å². The molecule has 3 N–H and O–H groups in total. The lowest BCUT2D eigenvalue weighted by atomic mass is 10.1. The first kappa shape index (κ1) is 22.0. The number of imidazole rings is 1. The van der Waals surface area contributed by atoms with Crippen LogP contribution in [0.5, 0.6) is 0 Å². The SMILES string of the molecule is Nc1ncc(-c2ccc3nc(NC(=O)CCCN4CCOCC4)cn3n2)cc1C(F)(F)F. The van der Waals surface area contributed by atoms with E-state index in [0.717, 1.165) is 25.7 Å². The topological polar surface area (TPSA) is 111 Å². The Morgan fingerprint density at radius 2 is 2.03 bits per heavy atom. The first-order valence-electron chi connectivity index (χ1n) is 10.1. The number of aromatic nitrogens is 4. The van der Waals surface area contributed by atoms with Gasteiger partial charge in [-0.05, 0) is 31.2 Å². The molecule has 12 heteroatoms. The minimum absolute atomic E-state index is 0.163. The van der Waals surface area contributed by atoms with Gasteiger partial charge in [-0.3, -0.25) is 9.69 Å². The zero-order chi connectivity index (χ0) is 22.7. The van der Waals surface area contributed by atoms with Crippen molar-refractivity contribution < 1.29 is 22.7 Å². The highest BCUT2D eigenvalue weighted by molar-refractivity contribution is 5.90. The smallest absolute Gasteiger partial charge is 0.383 e. The van der Waals surface area contributed by atoms with Crippen molar-refractivity contribution in [2.75, 3.05) is 43.9 Å². The summed E-state index contributed by atoms with van der Waals surface area (Å²) in [7, 11) is 0. The molecule has 0 spiro atoms. The monoisotopic (exact) mass is 449 g/mol.